The molecule has 0 saturated carbocycles. The molecule has 0 radical (unpaired) electrons. The highest BCUT2D eigenvalue weighted by molar-refractivity contribution is 5.97. The first kappa shape index (κ1) is 20.8. The number of nitrogens with one attached hydrogen (secondary N) is 1. The van der Waals surface area contributed by atoms with E-state index in [9.17, 15) is 19.8 Å². The van der Waals surface area contributed by atoms with Crippen molar-refractivity contribution in [2.75, 3.05) is 14.2 Å². The van der Waals surface area contributed by atoms with Gasteiger partial charge in [0.2, 0.25) is 0 Å². The molecule has 28 heavy (non-hydrogen) atoms. The smallest absolute Gasteiger partial charge is 0.340 e. The number of hydrogen-bond acceptors (Lipinski definition) is 5. The van der Waals surface area contributed by atoms with Crippen molar-refractivity contribution < 1.29 is 24.5 Å². The maximum absolute atomic E-state index is 11.8. The summed E-state index contributed by atoms with van der Waals surface area (Å²) in [7, 11) is 2.88. The first-order valence-corrected chi connectivity index (χ1v) is 8.52. The Morgan fingerprint density at radius 1 is 1.14 bits per heavy atom. The summed E-state index contributed by atoms with van der Waals surface area (Å²) in [6.07, 6.45) is 5.23. The Morgan fingerprint density at radius 3 is 2.43 bits per heavy atom. The van der Waals surface area contributed by atoms with Crippen molar-refractivity contribution in [2.24, 2.45) is 0 Å². The number of hydrogen-bond donors (Lipinski definition) is 3. The number of pyridine rings is 1. The van der Waals surface area contributed by atoms with Crippen molar-refractivity contribution in [3.05, 3.63) is 62.5 Å². The zero-order chi connectivity index (χ0) is 20.8. The molecule has 2 rings (SSSR count). The van der Waals surface area contributed by atoms with E-state index in [4.69, 9.17) is 9.47 Å². The van der Waals surface area contributed by atoms with Crippen LogP contribution in [0.2, 0.25) is 0 Å². The lowest BCUT2D eigenvalue weighted by Gasteiger charge is -2.14. The summed E-state index contributed by atoms with van der Waals surface area (Å²) in [5.74, 6) is -0.956. The SMILES string of the molecule is COc1cc(=O)cc(C=Cc2cc(OC)c(CC=C(C)C)c(O)c2C(=O)O)[nH]1. The first-order chi connectivity index (χ1) is 13.3. The van der Waals surface area contributed by atoms with Crippen LogP contribution in [0.15, 0.2) is 34.6 Å². The van der Waals surface area contributed by atoms with Crippen LogP contribution < -0.4 is 14.9 Å². The molecule has 0 atom stereocenters. The minimum Gasteiger partial charge on any atom is -0.507 e. The number of aromatic hydroxyl groups is 1. The average molecular weight is 385 g/mol. The van der Waals surface area contributed by atoms with Crippen LogP contribution in [0.5, 0.6) is 17.4 Å². The number of H-pyrrole nitrogens is 1. The zero-order valence-corrected chi connectivity index (χ0v) is 16.2. The Morgan fingerprint density at radius 2 is 1.86 bits per heavy atom. The van der Waals surface area contributed by atoms with Crippen molar-refractivity contribution in [3.8, 4) is 17.4 Å². The highest BCUT2D eigenvalue weighted by Crippen LogP contribution is 2.36. The van der Waals surface area contributed by atoms with Crippen LogP contribution in [0.25, 0.3) is 12.2 Å². The van der Waals surface area contributed by atoms with Gasteiger partial charge in [-0.15, -0.1) is 0 Å². The number of carbonyl (C=O) groups is 1. The van der Waals surface area contributed by atoms with Gasteiger partial charge in [-0.3, -0.25) is 4.79 Å². The van der Waals surface area contributed by atoms with E-state index < -0.39 is 5.97 Å². The third kappa shape index (κ3) is 4.82. The molecule has 2 aromatic rings. The van der Waals surface area contributed by atoms with E-state index in [1.807, 2.05) is 19.9 Å². The van der Waals surface area contributed by atoms with Crippen molar-refractivity contribution in [3.63, 3.8) is 0 Å². The minimum atomic E-state index is -1.27. The lowest BCUT2D eigenvalue weighted by molar-refractivity contribution is 0.0693. The van der Waals surface area contributed by atoms with Gasteiger partial charge >= 0.3 is 5.97 Å². The van der Waals surface area contributed by atoms with Crippen LogP contribution in [-0.2, 0) is 6.42 Å². The van der Waals surface area contributed by atoms with E-state index in [-0.39, 0.29) is 28.2 Å². The fourth-order valence-electron chi connectivity index (χ4n) is 2.66. The van der Waals surface area contributed by atoms with Crippen LogP contribution in [0.1, 0.15) is 41.0 Å². The highest BCUT2D eigenvalue weighted by Gasteiger charge is 2.21. The van der Waals surface area contributed by atoms with Crippen LogP contribution >= 0.6 is 0 Å². The lowest BCUT2D eigenvalue weighted by atomic mass is 9.97. The molecule has 1 aromatic heterocycles. The van der Waals surface area contributed by atoms with E-state index in [0.717, 1.165) is 5.57 Å². The fraction of sp³-hybridized carbons (Fsp3) is 0.238. The molecule has 0 spiro atoms. The third-order valence-electron chi connectivity index (χ3n) is 4.04. The van der Waals surface area contributed by atoms with Crippen molar-refractivity contribution in [1.29, 1.82) is 0 Å². The zero-order valence-electron chi connectivity index (χ0n) is 16.2. The van der Waals surface area contributed by atoms with E-state index in [1.54, 1.807) is 6.07 Å². The molecule has 148 valence electrons. The van der Waals surface area contributed by atoms with E-state index in [0.29, 0.717) is 23.4 Å². The monoisotopic (exact) mass is 385 g/mol. The summed E-state index contributed by atoms with van der Waals surface area (Å²) in [4.78, 5) is 26.3. The van der Waals surface area contributed by atoms with Gasteiger partial charge in [0.15, 0.2) is 11.3 Å². The Kier molecular flexibility index (Phi) is 6.65. The van der Waals surface area contributed by atoms with Crippen molar-refractivity contribution in [1.82, 2.24) is 4.98 Å². The summed E-state index contributed by atoms with van der Waals surface area (Å²) in [5.41, 5.74) is 1.60. The molecule has 0 fully saturated rings. The highest BCUT2D eigenvalue weighted by atomic mass is 16.5. The Bertz CT molecular complexity index is 997. The molecule has 0 saturated heterocycles. The largest absolute Gasteiger partial charge is 0.507 e. The predicted octanol–water partition coefficient (Wildman–Crippen LogP) is 3.48. The topological polar surface area (TPSA) is 109 Å². The molecular formula is C21H23NO6. The van der Waals surface area contributed by atoms with Gasteiger partial charge in [0.1, 0.15) is 17.1 Å². The Hall–Kier alpha value is -3.48. The van der Waals surface area contributed by atoms with Gasteiger partial charge in [0, 0.05) is 23.4 Å². The van der Waals surface area contributed by atoms with E-state index in [2.05, 4.69) is 4.98 Å². The molecule has 0 aliphatic carbocycles. The van der Waals surface area contributed by atoms with Gasteiger partial charge in [0.25, 0.3) is 0 Å². The molecule has 0 amide bonds. The second-order valence-electron chi connectivity index (χ2n) is 6.33. The summed E-state index contributed by atoms with van der Waals surface area (Å²) in [6.45, 7) is 3.82. The molecule has 1 aromatic carbocycles. The molecule has 0 bridgehead atoms. The quantitative estimate of drug-likeness (QED) is 0.630. The maximum Gasteiger partial charge on any atom is 0.340 e. The van der Waals surface area contributed by atoms with Gasteiger partial charge in [-0.25, -0.2) is 4.79 Å². The Labute approximate surface area is 162 Å². The molecule has 7 heteroatoms. The number of ether oxygens (including phenoxy) is 2. The van der Waals surface area contributed by atoms with Gasteiger partial charge < -0.3 is 24.7 Å². The second kappa shape index (κ2) is 8.94. The molecule has 1 heterocycles. The number of aromatic carboxylic acids is 1. The number of methoxy groups -OCH3 is 2. The van der Waals surface area contributed by atoms with Gasteiger partial charge in [-0.2, -0.15) is 0 Å². The van der Waals surface area contributed by atoms with Gasteiger partial charge in [0.05, 0.1) is 14.2 Å². The minimum absolute atomic E-state index is 0.237. The Balaban J connectivity index is 2.59. The van der Waals surface area contributed by atoms with Crippen LogP contribution in [0, 0.1) is 0 Å². The summed E-state index contributed by atoms with van der Waals surface area (Å²) in [6, 6.07) is 4.19. The normalized spacial score (nSPS) is 10.7. The fourth-order valence-corrected chi connectivity index (χ4v) is 2.66. The van der Waals surface area contributed by atoms with Crippen molar-refractivity contribution >= 4 is 18.1 Å². The predicted molar refractivity (Wildman–Crippen MR) is 107 cm³/mol. The summed E-state index contributed by atoms with van der Waals surface area (Å²) < 4.78 is 10.4. The number of carboxylic acids is 1. The lowest BCUT2D eigenvalue weighted by Crippen LogP contribution is -2.05. The van der Waals surface area contributed by atoms with Crippen LogP contribution in [0.3, 0.4) is 0 Å². The molecular weight excluding hydrogens is 362 g/mol. The number of carboxylic acid groups (broad SMARTS) is 1. The second-order valence-corrected chi connectivity index (χ2v) is 6.33. The molecule has 0 aliphatic rings. The van der Waals surface area contributed by atoms with E-state index >= 15 is 0 Å². The number of phenols is 1. The number of allylic oxidation sites excluding steroid dienone is 2. The van der Waals surface area contributed by atoms with Crippen LogP contribution in [0.4, 0.5) is 0 Å². The van der Waals surface area contributed by atoms with Gasteiger partial charge in [-0.1, -0.05) is 17.7 Å². The number of rotatable bonds is 7. The molecule has 3 N–H and O–H groups in total. The maximum atomic E-state index is 11.8. The molecule has 0 aliphatic heterocycles. The van der Waals surface area contributed by atoms with Gasteiger partial charge in [-0.05, 0) is 38.0 Å². The summed E-state index contributed by atoms with van der Waals surface area (Å²) in [5, 5.41) is 20.2. The third-order valence-corrected chi connectivity index (χ3v) is 4.04. The summed E-state index contributed by atoms with van der Waals surface area (Å²) >= 11 is 0. The average Bonchev–Trinajstić information content (AvgIpc) is 2.63. The number of aromatic nitrogens is 1. The molecule has 0 unspecified atom stereocenters. The number of aromatic amines is 1. The number of benzene rings is 1. The standard InChI is InChI=1S/C21H23NO6/c1-12(2)5-8-16-17(27-3)9-13(19(20(16)24)21(25)26)6-7-14-10-15(23)11-18(22-14)28-4/h5-7,9-11,24H,8H2,1-4H3,(H,22,23)(H,25,26). The van der Waals surface area contributed by atoms with Crippen molar-refractivity contribution in [2.45, 2.75) is 20.3 Å². The van der Waals surface area contributed by atoms with Crippen LogP contribution in [-0.4, -0.2) is 35.4 Å². The first-order valence-electron chi connectivity index (χ1n) is 8.52. The molecule has 7 nitrogen and oxygen atoms in total. The van der Waals surface area contributed by atoms with E-state index in [1.165, 1.54) is 38.5 Å².